The minimum Gasteiger partial charge on any atom is -0.454 e. The second-order valence-electron chi connectivity index (χ2n) is 5.86. The first-order valence-electron chi connectivity index (χ1n) is 7.85. The highest BCUT2D eigenvalue weighted by Gasteiger charge is 2.20. The van der Waals surface area contributed by atoms with Crippen molar-refractivity contribution < 1.29 is 18.7 Å². The number of aromatic nitrogens is 1. The van der Waals surface area contributed by atoms with Gasteiger partial charge in [0.05, 0.1) is 0 Å². The molecular weight excluding hydrogens is 322 g/mol. The fourth-order valence-corrected chi connectivity index (χ4v) is 2.84. The molecule has 0 aromatic carbocycles. The summed E-state index contributed by atoms with van der Waals surface area (Å²) in [7, 11) is 0. The third-order valence-electron chi connectivity index (χ3n) is 4.06. The van der Waals surface area contributed by atoms with Crippen LogP contribution in [0.25, 0.3) is 0 Å². The van der Waals surface area contributed by atoms with E-state index in [-0.39, 0.29) is 23.7 Å². The summed E-state index contributed by atoms with van der Waals surface area (Å²) in [5.74, 6) is -0.803. The van der Waals surface area contributed by atoms with E-state index in [1.54, 1.807) is 19.1 Å². The van der Waals surface area contributed by atoms with Crippen LogP contribution in [-0.4, -0.2) is 22.9 Å². The van der Waals surface area contributed by atoms with E-state index in [9.17, 15) is 14.4 Å². The maximum absolute atomic E-state index is 12.4. The number of aryl methyl sites for hydroxylation is 3. The first-order chi connectivity index (χ1) is 11.8. The molecule has 0 bridgehead atoms. The van der Waals surface area contributed by atoms with Crippen LogP contribution in [0.4, 0.5) is 0 Å². The van der Waals surface area contributed by atoms with Crippen LogP contribution in [0.2, 0.25) is 0 Å². The van der Waals surface area contributed by atoms with Gasteiger partial charge in [-0.2, -0.15) is 0 Å². The monoisotopic (exact) mass is 343 g/mol. The van der Waals surface area contributed by atoms with Crippen LogP contribution in [0.3, 0.4) is 0 Å². The summed E-state index contributed by atoms with van der Waals surface area (Å²) in [6.07, 6.45) is 1.75. The summed E-state index contributed by atoms with van der Waals surface area (Å²) in [6, 6.07) is 2.99. The van der Waals surface area contributed by atoms with Crippen LogP contribution in [0.5, 0.6) is 0 Å². The molecule has 0 amide bonds. The highest BCUT2D eigenvalue weighted by molar-refractivity contribution is 6.00. The van der Waals surface area contributed by atoms with E-state index in [1.165, 1.54) is 13.0 Å². The van der Waals surface area contributed by atoms with Crippen molar-refractivity contribution in [3.8, 4) is 0 Å². The fraction of sp³-hybridized carbons (Fsp3) is 0.316. The van der Waals surface area contributed by atoms with Gasteiger partial charge in [0.2, 0.25) is 5.78 Å². The van der Waals surface area contributed by atoms with E-state index in [2.05, 4.69) is 6.58 Å². The molecule has 25 heavy (non-hydrogen) atoms. The fourth-order valence-electron chi connectivity index (χ4n) is 2.84. The number of allylic oxidation sites excluding steroid dienone is 1. The standard InChI is InChI=1S/C19H21NO5/c1-6-7-20-12(3)9-15(13(20)4)16(21)10-24-19(23)18-11(2)8-17(22)25-14(18)5/h6,8-9H,1,7,10H2,2-5H3. The molecule has 0 saturated heterocycles. The van der Waals surface area contributed by atoms with Gasteiger partial charge < -0.3 is 13.7 Å². The maximum atomic E-state index is 12.4. The van der Waals surface area contributed by atoms with Crippen LogP contribution in [-0.2, 0) is 11.3 Å². The summed E-state index contributed by atoms with van der Waals surface area (Å²) < 4.78 is 12.0. The Morgan fingerprint density at radius 2 is 1.92 bits per heavy atom. The molecule has 0 fully saturated rings. The minimum absolute atomic E-state index is 0.171. The largest absolute Gasteiger partial charge is 0.454 e. The van der Waals surface area contributed by atoms with Gasteiger partial charge in [-0.05, 0) is 39.3 Å². The Kier molecular flexibility index (Phi) is 5.41. The third-order valence-corrected chi connectivity index (χ3v) is 4.06. The Hall–Kier alpha value is -2.89. The lowest BCUT2D eigenvalue weighted by molar-refractivity contribution is 0.0469. The van der Waals surface area contributed by atoms with Crippen molar-refractivity contribution in [2.24, 2.45) is 0 Å². The van der Waals surface area contributed by atoms with Crippen LogP contribution in [0.1, 0.15) is 43.4 Å². The van der Waals surface area contributed by atoms with E-state index in [1.807, 2.05) is 18.4 Å². The van der Waals surface area contributed by atoms with E-state index >= 15 is 0 Å². The Morgan fingerprint density at radius 1 is 1.24 bits per heavy atom. The van der Waals surface area contributed by atoms with Gasteiger partial charge in [-0.15, -0.1) is 6.58 Å². The highest BCUT2D eigenvalue weighted by Crippen LogP contribution is 2.17. The average Bonchev–Trinajstić information content (AvgIpc) is 2.80. The number of carbonyl (C=O) groups excluding carboxylic acids is 2. The molecule has 132 valence electrons. The SMILES string of the molecule is C=CCn1c(C)cc(C(=O)COC(=O)c2c(C)cc(=O)oc2C)c1C. The first kappa shape index (κ1) is 18.4. The Morgan fingerprint density at radius 3 is 2.52 bits per heavy atom. The zero-order valence-corrected chi connectivity index (χ0v) is 14.8. The molecular formula is C19H21NO5. The van der Waals surface area contributed by atoms with Gasteiger partial charge in [0, 0.05) is 29.6 Å². The lowest BCUT2D eigenvalue weighted by atomic mass is 10.1. The zero-order valence-electron chi connectivity index (χ0n) is 14.8. The van der Waals surface area contributed by atoms with Crippen LogP contribution < -0.4 is 5.63 Å². The van der Waals surface area contributed by atoms with E-state index < -0.39 is 11.6 Å². The second-order valence-corrected chi connectivity index (χ2v) is 5.86. The number of carbonyl (C=O) groups is 2. The number of Topliss-reactive ketones (excluding diaryl/α,β-unsaturated/α-hetero) is 1. The number of hydrogen-bond donors (Lipinski definition) is 0. The molecule has 0 aliphatic carbocycles. The Labute approximate surface area is 145 Å². The number of esters is 1. The van der Waals surface area contributed by atoms with Gasteiger partial charge in [0.1, 0.15) is 11.3 Å². The van der Waals surface area contributed by atoms with Gasteiger partial charge >= 0.3 is 11.6 Å². The lowest BCUT2D eigenvalue weighted by Gasteiger charge is -2.09. The van der Waals surface area contributed by atoms with Gasteiger partial charge in [-0.25, -0.2) is 9.59 Å². The predicted octanol–water partition coefficient (Wildman–Crippen LogP) is 2.90. The van der Waals surface area contributed by atoms with Gasteiger partial charge in [0.25, 0.3) is 0 Å². The predicted molar refractivity (Wildman–Crippen MR) is 93.2 cm³/mol. The number of rotatable bonds is 6. The molecule has 0 spiro atoms. The summed E-state index contributed by atoms with van der Waals surface area (Å²) in [4.78, 5) is 35.9. The van der Waals surface area contributed by atoms with Crippen molar-refractivity contribution >= 4 is 11.8 Å². The molecule has 2 aromatic rings. The lowest BCUT2D eigenvalue weighted by Crippen LogP contribution is -2.18. The summed E-state index contributed by atoms with van der Waals surface area (Å²) >= 11 is 0. The Bertz CT molecular complexity index is 875. The molecule has 6 nitrogen and oxygen atoms in total. The average molecular weight is 343 g/mol. The molecule has 2 rings (SSSR count). The number of ketones is 1. The van der Waals surface area contributed by atoms with Crippen molar-refractivity contribution in [2.75, 3.05) is 6.61 Å². The van der Waals surface area contributed by atoms with Crippen LogP contribution in [0.15, 0.2) is 34.0 Å². The second kappa shape index (κ2) is 7.34. The first-order valence-corrected chi connectivity index (χ1v) is 7.85. The minimum atomic E-state index is -0.688. The van der Waals surface area contributed by atoms with Crippen molar-refractivity contribution in [1.29, 1.82) is 0 Å². The normalized spacial score (nSPS) is 10.6. The van der Waals surface area contributed by atoms with Crippen LogP contribution >= 0.6 is 0 Å². The highest BCUT2D eigenvalue weighted by atomic mass is 16.5. The molecule has 6 heteroatoms. The van der Waals surface area contributed by atoms with Gasteiger partial charge in [-0.1, -0.05) is 6.08 Å². The van der Waals surface area contributed by atoms with E-state index in [0.29, 0.717) is 17.7 Å². The number of nitrogens with zero attached hydrogens (tertiary/aromatic N) is 1. The molecule has 2 aromatic heterocycles. The summed E-state index contributed by atoms with van der Waals surface area (Å²) in [5.41, 5.74) is 2.34. The molecule has 0 atom stereocenters. The maximum Gasteiger partial charge on any atom is 0.342 e. The number of ether oxygens (including phenoxy) is 1. The van der Waals surface area contributed by atoms with Crippen molar-refractivity contribution in [2.45, 2.75) is 34.2 Å². The van der Waals surface area contributed by atoms with Crippen molar-refractivity contribution in [1.82, 2.24) is 4.57 Å². The molecule has 2 heterocycles. The van der Waals surface area contributed by atoms with Gasteiger partial charge in [-0.3, -0.25) is 4.79 Å². The number of hydrogen-bond acceptors (Lipinski definition) is 5. The van der Waals surface area contributed by atoms with Gasteiger partial charge in [0.15, 0.2) is 6.61 Å². The topological polar surface area (TPSA) is 78.5 Å². The molecule has 0 saturated carbocycles. The summed E-state index contributed by atoms with van der Waals surface area (Å²) in [5, 5.41) is 0. The zero-order chi connectivity index (χ0) is 18.7. The molecule has 0 aliphatic rings. The van der Waals surface area contributed by atoms with E-state index in [0.717, 1.165) is 11.4 Å². The summed E-state index contributed by atoms with van der Waals surface area (Å²) in [6.45, 7) is 10.8. The van der Waals surface area contributed by atoms with Crippen LogP contribution in [0, 0.1) is 27.7 Å². The Balaban J connectivity index is 2.15. The quantitative estimate of drug-likeness (QED) is 0.458. The van der Waals surface area contributed by atoms with E-state index in [4.69, 9.17) is 9.15 Å². The van der Waals surface area contributed by atoms with Crippen molar-refractivity contribution in [3.63, 3.8) is 0 Å². The smallest absolute Gasteiger partial charge is 0.342 e. The molecule has 0 N–H and O–H groups in total. The molecule has 0 unspecified atom stereocenters. The third kappa shape index (κ3) is 3.79. The molecule has 0 aliphatic heterocycles. The molecule has 0 radical (unpaired) electrons. The van der Waals surface area contributed by atoms with Crippen molar-refractivity contribution in [3.05, 3.63) is 69.0 Å².